The number of alkyl halides is 1. The molecule has 5 aromatic rings. The summed E-state index contributed by atoms with van der Waals surface area (Å²) in [6.45, 7) is 7.69. The van der Waals surface area contributed by atoms with Gasteiger partial charge in [-0.15, -0.1) is 0 Å². The van der Waals surface area contributed by atoms with E-state index in [0.29, 0.717) is 5.56 Å². The first-order chi connectivity index (χ1) is 29.9. The Balaban J connectivity index is 1.12. The summed E-state index contributed by atoms with van der Waals surface area (Å²) in [5, 5.41) is 30.3. The lowest BCUT2D eigenvalue weighted by atomic mass is 9.99. The minimum Gasteiger partial charge on any atom is -0.396 e. The predicted octanol–water partition coefficient (Wildman–Crippen LogP) is 2.66. The minimum absolute atomic E-state index is 0.00857. The predicted molar refractivity (Wildman–Crippen MR) is 210 cm³/mol. The summed E-state index contributed by atoms with van der Waals surface area (Å²) in [6.07, 6.45) is -7.69. The normalized spacial score (nSPS) is 24.5. The van der Waals surface area contributed by atoms with E-state index in [9.17, 15) is 29.2 Å². The number of carbonyl (C=O) groups excluding carboxylic acids is 2. The Kier molecular flexibility index (Phi) is 13.3. The average Bonchev–Trinajstić information content (AvgIpc) is 4.03. The second-order valence-corrected chi connectivity index (χ2v) is 15.7. The van der Waals surface area contributed by atoms with Gasteiger partial charge in [0, 0.05) is 22.3 Å². The number of carbonyl (C=O) groups is 2. The van der Waals surface area contributed by atoms with Crippen LogP contribution in [0.1, 0.15) is 36.7 Å². The number of H-pyrrole nitrogens is 1. The first-order valence-corrected chi connectivity index (χ1v) is 20.3. The molecule has 2 saturated heterocycles. The molecule has 326 valence electrons. The molecule has 1 aromatic carbocycles. The SMILES string of the molecule is [C-]#[N+]CCOP(=O)(OCC1OC(n2cnc3c(=O)[nH]c(NC(=O)C(C)C)nc32)C(O)C1CO)OC1C(CN=[N+]=[N-])OC(n2cnc3c(NC(=O)c4ccccc4)ncnc32)C1F. The quantitative estimate of drug-likeness (QED) is 0.0224. The van der Waals surface area contributed by atoms with Crippen LogP contribution in [0.4, 0.5) is 16.2 Å². The van der Waals surface area contributed by atoms with Crippen molar-refractivity contribution in [3.8, 4) is 0 Å². The van der Waals surface area contributed by atoms with Gasteiger partial charge >= 0.3 is 7.82 Å². The number of aliphatic hydroxyl groups excluding tert-OH is 2. The molecule has 0 spiro atoms. The summed E-state index contributed by atoms with van der Waals surface area (Å²) in [4.78, 5) is 67.2. The number of imidazole rings is 2. The van der Waals surface area contributed by atoms with Crippen LogP contribution < -0.4 is 16.2 Å². The number of amides is 2. The maximum atomic E-state index is 16.7. The van der Waals surface area contributed by atoms with E-state index in [1.54, 1.807) is 44.2 Å². The van der Waals surface area contributed by atoms with E-state index in [1.165, 1.54) is 15.5 Å². The Morgan fingerprint density at radius 1 is 1.06 bits per heavy atom. The molecule has 27 heteroatoms. The van der Waals surface area contributed by atoms with Gasteiger partial charge in [0.05, 0.1) is 44.6 Å². The maximum Gasteiger partial charge on any atom is 0.475 e. The first kappa shape index (κ1) is 43.8. The lowest BCUT2D eigenvalue weighted by Crippen LogP contribution is -2.34. The van der Waals surface area contributed by atoms with Crippen LogP contribution in [-0.2, 0) is 32.4 Å². The number of hydrogen-bond acceptors (Lipinski definition) is 17. The number of anilines is 2. The van der Waals surface area contributed by atoms with Crippen LogP contribution in [0.2, 0.25) is 0 Å². The minimum atomic E-state index is -4.93. The summed E-state index contributed by atoms with van der Waals surface area (Å²) >= 11 is 0. The van der Waals surface area contributed by atoms with E-state index >= 15 is 4.39 Å². The summed E-state index contributed by atoms with van der Waals surface area (Å²) in [6, 6.07) is 8.28. The van der Waals surface area contributed by atoms with Gasteiger partial charge in [-0.1, -0.05) is 37.2 Å². The summed E-state index contributed by atoms with van der Waals surface area (Å²) in [5.41, 5.74) is 8.58. The van der Waals surface area contributed by atoms with Crippen molar-refractivity contribution in [3.05, 3.63) is 87.1 Å². The van der Waals surface area contributed by atoms with Crippen molar-refractivity contribution >= 4 is 53.7 Å². The topological polar surface area (TPSA) is 322 Å². The van der Waals surface area contributed by atoms with Crippen molar-refractivity contribution in [2.75, 3.05) is 43.5 Å². The highest BCUT2D eigenvalue weighted by molar-refractivity contribution is 7.48. The molecule has 2 aliphatic heterocycles. The molecular weight excluding hydrogens is 842 g/mol. The zero-order chi connectivity index (χ0) is 44.1. The van der Waals surface area contributed by atoms with Crippen LogP contribution in [0, 0.1) is 18.4 Å². The third kappa shape index (κ3) is 9.02. The Hall–Kier alpha value is -6.26. The van der Waals surface area contributed by atoms with Crippen molar-refractivity contribution in [2.45, 2.75) is 56.9 Å². The zero-order valence-corrected chi connectivity index (χ0v) is 33.6. The lowest BCUT2D eigenvalue weighted by Gasteiger charge is -2.26. The fourth-order valence-electron chi connectivity index (χ4n) is 6.66. The summed E-state index contributed by atoms with van der Waals surface area (Å²) in [5.74, 6) is -2.70. The zero-order valence-electron chi connectivity index (χ0n) is 32.7. The van der Waals surface area contributed by atoms with E-state index in [2.05, 4.69) is 55.4 Å². The Labute approximate surface area is 348 Å². The molecule has 5 N–H and O–H groups in total. The summed E-state index contributed by atoms with van der Waals surface area (Å²) in [7, 11) is -4.93. The number of halogens is 1. The Morgan fingerprint density at radius 3 is 2.50 bits per heavy atom. The molecule has 0 saturated carbocycles. The summed E-state index contributed by atoms with van der Waals surface area (Å²) < 4.78 is 62.3. The highest BCUT2D eigenvalue weighted by Crippen LogP contribution is 2.54. The lowest BCUT2D eigenvalue weighted by molar-refractivity contribution is -0.118. The third-order valence-corrected chi connectivity index (χ3v) is 11.3. The van der Waals surface area contributed by atoms with E-state index in [0.717, 1.165) is 12.7 Å². The van der Waals surface area contributed by atoms with Gasteiger partial charge in [-0.2, -0.15) is 4.98 Å². The van der Waals surface area contributed by atoms with E-state index in [1.807, 2.05) is 0 Å². The number of aliphatic hydroxyl groups is 2. The van der Waals surface area contributed by atoms with E-state index in [-0.39, 0.29) is 40.6 Å². The van der Waals surface area contributed by atoms with Gasteiger partial charge in [-0.3, -0.25) is 47.4 Å². The van der Waals surface area contributed by atoms with E-state index < -0.39 is 106 Å². The number of ether oxygens (including phenoxy) is 2. The second-order valence-electron chi connectivity index (χ2n) is 14.1. The number of nitrogens with zero attached hydrogens (tertiary/aromatic N) is 11. The van der Waals surface area contributed by atoms with Gasteiger partial charge in [0.25, 0.3) is 11.5 Å². The Morgan fingerprint density at radius 2 is 1.79 bits per heavy atom. The molecule has 9 atom stereocenters. The molecule has 4 aromatic heterocycles. The maximum absolute atomic E-state index is 16.7. The van der Waals surface area contributed by atoms with Gasteiger partial charge in [0.15, 0.2) is 46.8 Å². The van der Waals surface area contributed by atoms with Crippen LogP contribution >= 0.6 is 7.82 Å². The molecule has 6 heterocycles. The van der Waals surface area contributed by atoms with Crippen LogP contribution in [0.5, 0.6) is 0 Å². The van der Waals surface area contributed by atoms with Crippen molar-refractivity contribution in [3.63, 3.8) is 0 Å². The number of nitrogens with one attached hydrogen (secondary N) is 3. The monoisotopic (exact) mass is 880 g/mol. The molecule has 2 fully saturated rings. The van der Waals surface area contributed by atoms with Crippen LogP contribution in [0.25, 0.3) is 37.6 Å². The molecule has 0 aliphatic carbocycles. The average molecular weight is 881 g/mol. The fourth-order valence-corrected chi connectivity index (χ4v) is 8.04. The largest absolute Gasteiger partial charge is 0.475 e. The number of azide groups is 1. The van der Waals surface area contributed by atoms with E-state index in [4.69, 9.17) is 35.1 Å². The smallest absolute Gasteiger partial charge is 0.396 e. The number of aromatic nitrogens is 8. The van der Waals surface area contributed by atoms with Crippen molar-refractivity contribution in [1.29, 1.82) is 0 Å². The molecule has 7 rings (SSSR count). The number of hydrogen-bond donors (Lipinski definition) is 5. The fraction of sp³-hybridized carbons (Fsp3) is 0.457. The molecule has 9 unspecified atom stereocenters. The standard InChI is InChI=1S/C35H38FN14O11P/c1-17(2)30(53)46-35-45-29-24(32(55)47-35)42-16-50(29)34-25(52)19(12-51)21(60-34)13-58-62(56,57-10-9-38-3)61-26-20(11-43-48-37)59-33(22(26)36)49-15-41-23-27(39-14-40-28(23)49)44-31(54)18-7-5-4-6-8-18/h4-8,14-17,19-22,25-26,33-34,51-52H,9-13H2,1-2H3,(H,39,40,44,54)(H2,45,46,47,53,55). The van der Waals surface area contributed by atoms with Gasteiger partial charge in [-0.05, 0) is 17.7 Å². The molecule has 0 radical (unpaired) electrons. The highest BCUT2D eigenvalue weighted by atomic mass is 31.2. The van der Waals surface area contributed by atoms with Gasteiger partial charge in [-0.25, -0.2) is 35.5 Å². The number of benzene rings is 1. The van der Waals surface area contributed by atoms with Crippen LogP contribution in [0.15, 0.2) is 59.2 Å². The van der Waals surface area contributed by atoms with Crippen molar-refractivity contribution < 1.29 is 51.8 Å². The Bertz CT molecular complexity index is 2630. The van der Waals surface area contributed by atoms with Gasteiger partial charge in [0.2, 0.25) is 18.4 Å². The van der Waals surface area contributed by atoms with Gasteiger partial charge < -0.3 is 29.8 Å². The number of aromatic amines is 1. The third-order valence-electron chi connectivity index (χ3n) is 9.80. The molecule has 25 nitrogen and oxygen atoms in total. The number of rotatable bonds is 17. The second kappa shape index (κ2) is 18.8. The van der Waals surface area contributed by atoms with Crippen LogP contribution in [-0.4, -0.2) is 125 Å². The molecule has 2 amide bonds. The first-order valence-electron chi connectivity index (χ1n) is 18.8. The molecular formula is C35H38FN14O11P. The number of fused-ring (bicyclic) bond motifs is 2. The van der Waals surface area contributed by atoms with Crippen molar-refractivity contribution in [2.24, 2.45) is 17.0 Å². The van der Waals surface area contributed by atoms with Crippen molar-refractivity contribution in [1.82, 2.24) is 39.0 Å². The number of phosphoric acid groups is 1. The van der Waals surface area contributed by atoms with Crippen LogP contribution in [0.3, 0.4) is 0 Å². The molecule has 0 bridgehead atoms. The van der Waals surface area contributed by atoms with Gasteiger partial charge in [0.1, 0.15) is 25.1 Å². The molecule has 2 aliphatic rings. The molecule has 62 heavy (non-hydrogen) atoms. The highest BCUT2D eigenvalue weighted by Gasteiger charge is 2.52. The number of phosphoric ester groups is 1.